The molecule has 0 aromatic heterocycles. The zero-order valence-electron chi connectivity index (χ0n) is 11.5. The molecular formula is C17H16O3S. The molecule has 0 amide bonds. The molecule has 0 aliphatic carbocycles. The van der Waals surface area contributed by atoms with Gasteiger partial charge in [-0.05, 0) is 36.8 Å². The van der Waals surface area contributed by atoms with E-state index in [0.717, 1.165) is 11.0 Å². The topological polar surface area (TPSA) is 57.2 Å². The van der Waals surface area contributed by atoms with E-state index in [1.165, 1.54) is 12.1 Å². The van der Waals surface area contributed by atoms with Crippen molar-refractivity contribution < 1.29 is 13.5 Å². The second-order valence-corrected chi connectivity index (χ2v) is 6.39. The van der Waals surface area contributed by atoms with Crippen LogP contribution >= 0.6 is 0 Å². The van der Waals surface area contributed by atoms with Crippen molar-refractivity contribution in [1.82, 2.24) is 0 Å². The standard InChI is InChI=1S/C17H16O3S/c18-16(11-7-10-15-8-3-1-4-9-15)14-21(19,20)17-12-5-2-6-13-17/h1-6,8-10,12-14H,7,11H2/b16-14-. The van der Waals surface area contributed by atoms with Gasteiger partial charge in [0.05, 0.1) is 4.90 Å². The van der Waals surface area contributed by atoms with E-state index in [1.807, 2.05) is 36.8 Å². The molecular weight excluding hydrogens is 284 g/mol. The highest BCUT2D eigenvalue weighted by Crippen LogP contribution is 2.15. The molecule has 0 aliphatic rings. The smallest absolute Gasteiger partial charge is 0.198 e. The number of benzene rings is 2. The van der Waals surface area contributed by atoms with Crippen molar-refractivity contribution in [2.75, 3.05) is 0 Å². The minimum absolute atomic E-state index is 0.144. The molecule has 0 bridgehead atoms. The zero-order chi connectivity index (χ0) is 15.1. The van der Waals surface area contributed by atoms with E-state index in [0.29, 0.717) is 6.42 Å². The lowest BCUT2D eigenvalue weighted by molar-refractivity contribution is -0.306. The number of sulfone groups is 1. The predicted molar refractivity (Wildman–Crippen MR) is 80.8 cm³/mol. The summed E-state index contributed by atoms with van der Waals surface area (Å²) in [5, 5.41) is 12.6. The summed E-state index contributed by atoms with van der Waals surface area (Å²) in [6.45, 7) is 0. The second kappa shape index (κ2) is 6.99. The Labute approximate surface area is 125 Å². The van der Waals surface area contributed by atoms with Crippen molar-refractivity contribution in [3.8, 4) is 0 Å². The van der Waals surface area contributed by atoms with Crippen LogP contribution in [-0.4, -0.2) is 8.42 Å². The second-order valence-electron chi connectivity index (χ2n) is 4.60. The van der Waals surface area contributed by atoms with Crippen molar-refractivity contribution >= 4 is 9.84 Å². The fraction of sp³-hybridized carbons (Fsp3) is 0.118. The minimum Gasteiger partial charge on any atom is -0.875 e. The quantitative estimate of drug-likeness (QED) is 0.609. The van der Waals surface area contributed by atoms with Gasteiger partial charge in [0.1, 0.15) is 5.56 Å². The molecule has 2 rings (SSSR count). The van der Waals surface area contributed by atoms with Gasteiger partial charge < -0.3 is 5.11 Å². The van der Waals surface area contributed by atoms with Crippen LogP contribution < -0.4 is 5.11 Å². The Bertz CT molecular complexity index is 689. The molecule has 2 aromatic carbocycles. The highest BCUT2D eigenvalue weighted by Gasteiger charge is 2.09. The van der Waals surface area contributed by atoms with Crippen molar-refractivity contribution in [3.05, 3.63) is 83.8 Å². The van der Waals surface area contributed by atoms with Crippen molar-refractivity contribution in [1.29, 1.82) is 0 Å². The summed E-state index contributed by atoms with van der Waals surface area (Å²) in [5.74, 6) is -0.383. The molecule has 4 heteroatoms. The number of hydrogen-bond donors (Lipinski definition) is 0. The van der Waals surface area contributed by atoms with E-state index in [1.54, 1.807) is 18.2 Å². The van der Waals surface area contributed by atoms with Gasteiger partial charge in [-0.2, -0.15) is 0 Å². The molecule has 0 saturated heterocycles. The van der Waals surface area contributed by atoms with Gasteiger partial charge in [0, 0.05) is 30.4 Å². The van der Waals surface area contributed by atoms with Crippen LogP contribution in [0.1, 0.15) is 18.4 Å². The largest absolute Gasteiger partial charge is 0.875 e. The van der Waals surface area contributed by atoms with E-state index in [2.05, 4.69) is 0 Å². The number of hydrogen-bond acceptors (Lipinski definition) is 3. The predicted octanol–water partition coefficient (Wildman–Crippen LogP) is 2.69. The molecule has 3 nitrogen and oxygen atoms in total. The van der Waals surface area contributed by atoms with Crippen LogP contribution in [0.5, 0.6) is 0 Å². The van der Waals surface area contributed by atoms with Gasteiger partial charge in [-0.15, -0.1) is 5.76 Å². The van der Waals surface area contributed by atoms with Crippen molar-refractivity contribution in [2.24, 2.45) is 0 Å². The van der Waals surface area contributed by atoms with Crippen LogP contribution in [0.15, 0.2) is 76.7 Å². The third kappa shape index (κ3) is 4.68. The van der Waals surface area contributed by atoms with Crippen LogP contribution in [0.4, 0.5) is 0 Å². The first-order valence-electron chi connectivity index (χ1n) is 6.64. The Balaban J connectivity index is 1.95. The van der Waals surface area contributed by atoms with Gasteiger partial charge in [-0.3, -0.25) is 0 Å². The summed E-state index contributed by atoms with van der Waals surface area (Å²) in [5.41, 5.74) is 1.02. The highest BCUT2D eigenvalue weighted by atomic mass is 32.2. The summed E-state index contributed by atoms with van der Waals surface area (Å²) >= 11 is 0. The SMILES string of the molecule is O=S(=O)(/C=C(\[O-])CC[CH+]c1ccccc1)c1ccccc1. The van der Waals surface area contributed by atoms with E-state index < -0.39 is 9.84 Å². The van der Waals surface area contributed by atoms with E-state index in [4.69, 9.17) is 0 Å². The molecule has 2 aromatic rings. The third-order valence-electron chi connectivity index (χ3n) is 2.93. The first-order chi connectivity index (χ1) is 10.1. The monoisotopic (exact) mass is 300 g/mol. The molecule has 0 radical (unpaired) electrons. The lowest BCUT2D eigenvalue weighted by atomic mass is 10.1. The normalized spacial score (nSPS) is 12.1. The maximum absolute atomic E-state index is 12.0. The molecule has 108 valence electrons. The Hall–Kier alpha value is -2.20. The van der Waals surface area contributed by atoms with E-state index >= 15 is 0 Å². The Morgan fingerprint density at radius 2 is 1.57 bits per heavy atom. The first-order valence-corrected chi connectivity index (χ1v) is 8.18. The molecule has 0 spiro atoms. The van der Waals surface area contributed by atoms with Gasteiger partial charge in [0.15, 0.2) is 9.84 Å². The molecule has 0 heterocycles. The summed E-state index contributed by atoms with van der Waals surface area (Å²) in [4.78, 5) is 0.144. The van der Waals surface area contributed by atoms with Crippen LogP contribution in [0, 0.1) is 6.42 Å². The Morgan fingerprint density at radius 1 is 1.00 bits per heavy atom. The van der Waals surface area contributed by atoms with Gasteiger partial charge in [0.25, 0.3) is 0 Å². The third-order valence-corrected chi connectivity index (χ3v) is 4.43. The molecule has 21 heavy (non-hydrogen) atoms. The molecule has 0 unspecified atom stereocenters. The highest BCUT2D eigenvalue weighted by molar-refractivity contribution is 7.94. The Morgan fingerprint density at radius 3 is 2.19 bits per heavy atom. The maximum atomic E-state index is 12.0. The summed E-state index contributed by atoms with van der Waals surface area (Å²) in [6.07, 6.45) is 2.62. The van der Waals surface area contributed by atoms with E-state index in [9.17, 15) is 13.5 Å². The van der Waals surface area contributed by atoms with Gasteiger partial charge in [-0.1, -0.05) is 18.2 Å². The fourth-order valence-electron chi connectivity index (χ4n) is 1.88. The van der Waals surface area contributed by atoms with Gasteiger partial charge in [0.2, 0.25) is 0 Å². The van der Waals surface area contributed by atoms with Crippen molar-refractivity contribution in [3.63, 3.8) is 0 Å². The zero-order valence-corrected chi connectivity index (χ0v) is 12.3. The first kappa shape index (κ1) is 15.2. The van der Waals surface area contributed by atoms with Gasteiger partial charge >= 0.3 is 0 Å². The maximum Gasteiger partial charge on any atom is 0.198 e. The molecule has 0 fully saturated rings. The molecule has 0 atom stereocenters. The summed E-state index contributed by atoms with van der Waals surface area (Å²) in [7, 11) is -3.64. The number of rotatable bonds is 6. The summed E-state index contributed by atoms with van der Waals surface area (Å²) in [6, 6.07) is 17.6. The van der Waals surface area contributed by atoms with E-state index in [-0.39, 0.29) is 17.1 Å². The fourth-order valence-corrected chi connectivity index (χ4v) is 3.02. The average molecular weight is 300 g/mol. The summed E-state index contributed by atoms with van der Waals surface area (Å²) < 4.78 is 24.0. The number of allylic oxidation sites excluding steroid dienone is 1. The molecule has 0 N–H and O–H groups in total. The van der Waals surface area contributed by atoms with Crippen LogP contribution in [0.2, 0.25) is 0 Å². The van der Waals surface area contributed by atoms with Crippen LogP contribution in [-0.2, 0) is 9.84 Å². The lowest BCUT2D eigenvalue weighted by Crippen LogP contribution is -2.08. The molecule has 0 saturated carbocycles. The minimum atomic E-state index is -3.64. The lowest BCUT2D eigenvalue weighted by Gasteiger charge is -2.10. The van der Waals surface area contributed by atoms with Gasteiger partial charge in [-0.25, -0.2) is 8.42 Å². The van der Waals surface area contributed by atoms with Crippen LogP contribution in [0.25, 0.3) is 0 Å². The van der Waals surface area contributed by atoms with Crippen LogP contribution in [0.3, 0.4) is 0 Å². The average Bonchev–Trinajstić information content (AvgIpc) is 2.49. The molecule has 0 aliphatic heterocycles. The Kier molecular flexibility index (Phi) is 5.06. The van der Waals surface area contributed by atoms with Crippen molar-refractivity contribution in [2.45, 2.75) is 17.7 Å².